The molecule has 2 aliphatic rings. The number of halogens is 3. The molecule has 0 bridgehead atoms. The Morgan fingerprint density at radius 3 is 2.39 bits per heavy atom. The molecule has 2 saturated heterocycles. The SMILES string of the molecule is CC.Cc1ccc(Nc2c(C(=O)N3CC(O)(CNCCCCCN4CCCC4)C3)ccc(F)c2F)c(F)c1. The van der Waals surface area contributed by atoms with Gasteiger partial charge in [0.15, 0.2) is 11.6 Å². The number of likely N-dealkylation sites (tertiary alicyclic amines) is 2. The number of anilines is 2. The van der Waals surface area contributed by atoms with Crippen molar-refractivity contribution in [2.45, 2.75) is 58.5 Å². The van der Waals surface area contributed by atoms with Crippen LogP contribution in [0.5, 0.6) is 0 Å². The van der Waals surface area contributed by atoms with Gasteiger partial charge in [-0.3, -0.25) is 4.79 Å². The van der Waals surface area contributed by atoms with Gasteiger partial charge in [-0.1, -0.05) is 26.3 Å². The molecule has 210 valence electrons. The van der Waals surface area contributed by atoms with Crippen LogP contribution in [-0.2, 0) is 0 Å². The van der Waals surface area contributed by atoms with Crippen LogP contribution in [-0.4, -0.2) is 72.2 Å². The summed E-state index contributed by atoms with van der Waals surface area (Å²) in [4.78, 5) is 16.9. The minimum Gasteiger partial charge on any atom is -0.385 e. The van der Waals surface area contributed by atoms with Gasteiger partial charge >= 0.3 is 0 Å². The second-order valence-electron chi connectivity index (χ2n) is 10.1. The zero-order valence-corrected chi connectivity index (χ0v) is 22.8. The van der Waals surface area contributed by atoms with Crippen molar-refractivity contribution in [2.24, 2.45) is 0 Å². The molecule has 4 rings (SSSR count). The summed E-state index contributed by atoms with van der Waals surface area (Å²) in [5.74, 6) is -3.61. The molecule has 2 aliphatic heterocycles. The van der Waals surface area contributed by atoms with Gasteiger partial charge in [-0.15, -0.1) is 0 Å². The third-order valence-corrected chi connectivity index (χ3v) is 6.95. The number of unbranched alkanes of at least 4 members (excludes halogenated alkanes) is 2. The number of rotatable bonds is 11. The van der Waals surface area contributed by atoms with Crippen LogP contribution < -0.4 is 10.6 Å². The molecule has 2 aromatic carbocycles. The normalized spacial score (nSPS) is 16.6. The number of hydrogen-bond donors (Lipinski definition) is 3. The summed E-state index contributed by atoms with van der Waals surface area (Å²) in [6.45, 7) is 10.6. The van der Waals surface area contributed by atoms with Crippen molar-refractivity contribution in [3.8, 4) is 0 Å². The Labute approximate surface area is 224 Å². The highest BCUT2D eigenvalue weighted by atomic mass is 19.2. The van der Waals surface area contributed by atoms with Crippen LogP contribution in [0, 0.1) is 24.4 Å². The van der Waals surface area contributed by atoms with Crippen molar-refractivity contribution in [1.82, 2.24) is 15.1 Å². The fraction of sp³-hybridized carbons (Fsp3) is 0.552. The quantitative estimate of drug-likeness (QED) is 0.345. The predicted octanol–water partition coefficient (Wildman–Crippen LogP) is 5.22. The van der Waals surface area contributed by atoms with Gasteiger partial charge in [-0.25, -0.2) is 13.2 Å². The third-order valence-electron chi connectivity index (χ3n) is 6.95. The van der Waals surface area contributed by atoms with Crippen molar-refractivity contribution >= 4 is 17.3 Å². The molecule has 0 atom stereocenters. The van der Waals surface area contributed by atoms with Gasteiger partial charge in [0.25, 0.3) is 5.91 Å². The average Bonchev–Trinajstić information content (AvgIpc) is 3.40. The smallest absolute Gasteiger partial charge is 0.256 e. The molecule has 2 fully saturated rings. The largest absolute Gasteiger partial charge is 0.385 e. The minimum atomic E-state index is -1.26. The Kier molecular flexibility index (Phi) is 11.0. The lowest BCUT2D eigenvalue weighted by molar-refractivity contribution is -0.0784. The Bertz CT molecular complexity index is 1070. The van der Waals surface area contributed by atoms with Crippen LogP contribution in [0.25, 0.3) is 0 Å². The number of carbonyl (C=O) groups is 1. The maximum atomic E-state index is 14.6. The highest BCUT2D eigenvalue weighted by molar-refractivity contribution is 6.01. The number of β-amino-alcohol motifs (C(OH)–C–C–N with tert-alkyl or cyclic N) is 1. The lowest BCUT2D eigenvalue weighted by Crippen LogP contribution is -2.67. The van der Waals surface area contributed by atoms with E-state index in [0.29, 0.717) is 12.1 Å². The molecule has 0 aromatic heterocycles. The van der Waals surface area contributed by atoms with E-state index in [1.807, 2.05) is 13.8 Å². The number of benzene rings is 2. The summed E-state index contributed by atoms with van der Waals surface area (Å²) in [6, 6.07) is 6.34. The van der Waals surface area contributed by atoms with Crippen molar-refractivity contribution in [3.05, 3.63) is 58.9 Å². The molecule has 1 amide bonds. The first-order valence-electron chi connectivity index (χ1n) is 13.7. The van der Waals surface area contributed by atoms with Gasteiger partial charge in [0.2, 0.25) is 0 Å². The summed E-state index contributed by atoms with van der Waals surface area (Å²) in [6.07, 6.45) is 5.93. The lowest BCUT2D eigenvalue weighted by atomic mass is 9.92. The standard InChI is InChI=1S/C27H35F3N4O2.C2H6/c1-19-7-10-23(22(29)15-19)32-25-20(8-9-21(28)24(25)30)26(35)34-17-27(36,18-34)16-31-11-3-2-4-12-33-13-5-6-14-33;1-2/h7-10,15,31-32,36H,2-6,11-14,16-18H2,1H3;1-2H3. The van der Waals surface area contributed by atoms with E-state index in [0.717, 1.165) is 32.0 Å². The first-order valence-corrected chi connectivity index (χ1v) is 13.7. The van der Waals surface area contributed by atoms with Crippen molar-refractivity contribution in [1.29, 1.82) is 0 Å². The molecule has 2 heterocycles. The molecule has 0 unspecified atom stereocenters. The summed E-state index contributed by atoms with van der Waals surface area (Å²) in [5, 5.41) is 16.5. The zero-order valence-electron chi connectivity index (χ0n) is 22.8. The van der Waals surface area contributed by atoms with Crippen molar-refractivity contribution in [3.63, 3.8) is 0 Å². The van der Waals surface area contributed by atoms with Gasteiger partial charge in [0, 0.05) is 6.54 Å². The van der Waals surface area contributed by atoms with E-state index in [1.165, 1.54) is 55.5 Å². The highest BCUT2D eigenvalue weighted by Gasteiger charge is 2.44. The van der Waals surface area contributed by atoms with Crippen LogP contribution in [0.1, 0.15) is 61.9 Å². The van der Waals surface area contributed by atoms with E-state index in [2.05, 4.69) is 15.5 Å². The van der Waals surface area contributed by atoms with Crippen molar-refractivity contribution in [2.75, 3.05) is 51.1 Å². The number of hydrogen-bond acceptors (Lipinski definition) is 5. The second-order valence-corrected chi connectivity index (χ2v) is 10.1. The number of nitrogens with zero attached hydrogens (tertiary/aromatic N) is 2. The van der Waals surface area contributed by atoms with Crippen LogP contribution in [0.15, 0.2) is 30.3 Å². The van der Waals surface area contributed by atoms with Gasteiger partial charge < -0.3 is 25.5 Å². The molecule has 9 heteroatoms. The molecule has 38 heavy (non-hydrogen) atoms. The molecule has 6 nitrogen and oxygen atoms in total. The Morgan fingerprint density at radius 1 is 1.00 bits per heavy atom. The summed E-state index contributed by atoms with van der Waals surface area (Å²) in [7, 11) is 0. The first-order chi connectivity index (χ1) is 18.3. The van der Waals surface area contributed by atoms with Gasteiger partial charge in [0.05, 0.1) is 30.0 Å². The van der Waals surface area contributed by atoms with Crippen LogP contribution in [0.2, 0.25) is 0 Å². The number of aryl methyl sites for hydroxylation is 1. The summed E-state index contributed by atoms with van der Waals surface area (Å²) in [5.41, 5.74) is -1.01. The molecule has 0 saturated carbocycles. The number of nitrogens with one attached hydrogen (secondary N) is 2. The molecular weight excluding hydrogens is 493 g/mol. The Hall–Kier alpha value is -2.62. The summed E-state index contributed by atoms with van der Waals surface area (Å²) < 4.78 is 42.9. The first kappa shape index (κ1) is 29.9. The number of carbonyl (C=O) groups excluding carboxylic acids is 1. The molecule has 0 radical (unpaired) electrons. The minimum absolute atomic E-state index is 0.0658. The van der Waals surface area contributed by atoms with Gasteiger partial charge in [-0.2, -0.15) is 0 Å². The highest BCUT2D eigenvalue weighted by Crippen LogP contribution is 2.31. The molecule has 3 N–H and O–H groups in total. The number of aliphatic hydroxyl groups is 1. The van der Waals surface area contributed by atoms with Crippen molar-refractivity contribution < 1.29 is 23.1 Å². The van der Waals surface area contributed by atoms with Gasteiger partial charge in [-0.05, 0) is 88.6 Å². The van der Waals surface area contributed by atoms with Gasteiger partial charge in [0.1, 0.15) is 11.4 Å². The van der Waals surface area contributed by atoms with E-state index >= 15 is 0 Å². The Balaban J connectivity index is 0.00000195. The molecular formula is C29H41F3N4O2. The number of amides is 1. The van der Waals surface area contributed by atoms with Crippen LogP contribution >= 0.6 is 0 Å². The Morgan fingerprint density at radius 2 is 1.71 bits per heavy atom. The molecule has 0 aliphatic carbocycles. The topological polar surface area (TPSA) is 67.8 Å². The fourth-order valence-corrected chi connectivity index (χ4v) is 4.89. The fourth-order valence-electron chi connectivity index (χ4n) is 4.89. The second kappa shape index (κ2) is 14.0. The summed E-state index contributed by atoms with van der Waals surface area (Å²) >= 11 is 0. The van der Waals surface area contributed by atoms with E-state index in [1.54, 1.807) is 13.0 Å². The zero-order chi connectivity index (χ0) is 27.7. The average molecular weight is 535 g/mol. The van der Waals surface area contributed by atoms with E-state index in [4.69, 9.17) is 0 Å². The monoisotopic (exact) mass is 534 g/mol. The maximum Gasteiger partial charge on any atom is 0.256 e. The third kappa shape index (κ3) is 7.71. The van der Waals surface area contributed by atoms with E-state index in [-0.39, 0.29) is 24.3 Å². The maximum absolute atomic E-state index is 14.6. The van der Waals surface area contributed by atoms with E-state index in [9.17, 15) is 23.1 Å². The van der Waals surface area contributed by atoms with Crippen LogP contribution in [0.4, 0.5) is 24.5 Å². The molecule has 0 spiro atoms. The molecule has 2 aromatic rings. The predicted molar refractivity (Wildman–Crippen MR) is 145 cm³/mol. The van der Waals surface area contributed by atoms with E-state index < -0.39 is 34.6 Å². The van der Waals surface area contributed by atoms with Crippen LogP contribution in [0.3, 0.4) is 0 Å². The lowest BCUT2D eigenvalue weighted by Gasteiger charge is -2.46.